The van der Waals surface area contributed by atoms with Crippen molar-refractivity contribution >= 4 is 17.9 Å². The summed E-state index contributed by atoms with van der Waals surface area (Å²) in [5.41, 5.74) is 1.23. The van der Waals surface area contributed by atoms with Crippen LogP contribution >= 0.6 is 0 Å². The molecule has 0 atom stereocenters. The van der Waals surface area contributed by atoms with E-state index in [9.17, 15) is 4.79 Å². The number of benzene rings is 1. The Morgan fingerprint density at radius 1 is 1.25 bits per heavy atom. The van der Waals surface area contributed by atoms with Gasteiger partial charge in [-0.15, -0.1) is 5.10 Å². The molecule has 2 aromatic rings. The van der Waals surface area contributed by atoms with Gasteiger partial charge in [-0.1, -0.05) is 30.3 Å². The molecule has 8 heteroatoms. The Bertz CT molecular complexity index is 749. The Morgan fingerprint density at radius 2 is 2.00 bits per heavy atom. The van der Waals surface area contributed by atoms with E-state index >= 15 is 0 Å². The first-order valence-corrected chi connectivity index (χ1v) is 9.86. The summed E-state index contributed by atoms with van der Waals surface area (Å²) in [6.07, 6.45) is 3.11. The number of aromatic nitrogens is 3. The van der Waals surface area contributed by atoms with Crippen LogP contribution in [0.15, 0.2) is 36.5 Å². The van der Waals surface area contributed by atoms with E-state index in [-0.39, 0.29) is 12.1 Å². The van der Waals surface area contributed by atoms with E-state index in [1.807, 2.05) is 25.1 Å². The van der Waals surface area contributed by atoms with Crippen LogP contribution in [0.25, 0.3) is 0 Å². The Morgan fingerprint density at radius 3 is 2.68 bits per heavy atom. The molecule has 1 aliphatic rings. The lowest BCUT2D eigenvalue weighted by atomic mass is 10.1. The second-order valence-corrected chi connectivity index (χ2v) is 6.74. The van der Waals surface area contributed by atoms with Crippen LogP contribution in [0.5, 0.6) is 0 Å². The monoisotopic (exact) mass is 384 g/mol. The molecule has 1 saturated heterocycles. The highest BCUT2D eigenvalue weighted by molar-refractivity contribution is 5.67. The van der Waals surface area contributed by atoms with Gasteiger partial charge in [0, 0.05) is 32.2 Å². The summed E-state index contributed by atoms with van der Waals surface area (Å²) < 4.78 is 5.06. The Hall–Kier alpha value is -2.90. The lowest BCUT2D eigenvalue weighted by molar-refractivity contribution is 0.0983. The third-order valence-electron chi connectivity index (χ3n) is 4.82. The van der Waals surface area contributed by atoms with Gasteiger partial charge < -0.3 is 19.9 Å². The summed E-state index contributed by atoms with van der Waals surface area (Å²) in [5.74, 6) is 1.33. The summed E-state index contributed by atoms with van der Waals surface area (Å²) in [5, 5.41) is 11.6. The molecular weight excluding hydrogens is 356 g/mol. The summed E-state index contributed by atoms with van der Waals surface area (Å²) in [7, 11) is 0. The van der Waals surface area contributed by atoms with Crippen molar-refractivity contribution in [3.63, 3.8) is 0 Å². The zero-order valence-corrected chi connectivity index (χ0v) is 16.5. The molecule has 1 N–H and O–H groups in total. The number of nitrogens with one attached hydrogen (secondary N) is 1. The maximum atomic E-state index is 11.8. The summed E-state index contributed by atoms with van der Waals surface area (Å²) in [6, 6.07) is 10.5. The van der Waals surface area contributed by atoms with Gasteiger partial charge in [0.1, 0.15) is 0 Å². The van der Waals surface area contributed by atoms with Crippen molar-refractivity contribution in [2.45, 2.75) is 39.3 Å². The second kappa shape index (κ2) is 9.87. The smallest absolute Gasteiger partial charge is 0.409 e. The highest BCUT2D eigenvalue weighted by Crippen LogP contribution is 2.18. The van der Waals surface area contributed by atoms with Gasteiger partial charge in [0.15, 0.2) is 5.82 Å². The van der Waals surface area contributed by atoms with Crippen molar-refractivity contribution < 1.29 is 9.53 Å². The number of hydrogen-bond acceptors (Lipinski definition) is 7. The van der Waals surface area contributed by atoms with Gasteiger partial charge in [-0.05, 0) is 32.3 Å². The van der Waals surface area contributed by atoms with Crippen molar-refractivity contribution in [1.82, 2.24) is 20.1 Å². The molecule has 1 amide bonds. The van der Waals surface area contributed by atoms with Gasteiger partial charge in [0.05, 0.1) is 12.8 Å². The van der Waals surface area contributed by atoms with Crippen LogP contribution in [-0.2, 0) is 11.3 Å². The standard InChI is InChI=1S/C20H28N6O2/c1-3-25(15-16-8-6-5-7-9-16)18-14-21-24-19(23-18)22-17-10-12-26(13-11-17)20(27)28-4-2/h5-9,14,17H,3-4,10-13,15H2,1-2H3,(H,22,23,24). The fourth-order valence-electron chi connectivity index (χ4n) is 3.27. The molecule has 1 fully saturated rings. The van der Waals surface area contributed by atoms with Crippen molar-refractivity contribution in [3.05, 3.63) is 42.1 Å². The number of hydrogen-bond donors (Lipinski definition) is 1. The second-order valence-electron chi connectivity index (χ2n) is 6.74. The Kier molecular flexibility index (Phi) is 7.00. The molecule has 0 aliphatic carbocycles. The number of piperidine rings is 1. The third-order valence-corrected chi connectivity index (χ3v) is 4.82. The minimum atomic E-state index is -0.236. The topological polar surface area (TPSA) is 83.5 Å². The molecule has 28 heavy (non-hydrogen) atoms. The first-order chi connectivity index (χ1) is 13.7. The van der Waals surface area contributed by atoms with Gasteiger partial charge in [0.2, 0.25) is 5.95 Å². The molecule has 1 aromatic carbocycles. The fraction of sp³-hybridized carbons (Fsp3) is 0.500. The normalized spacial score (nSPS) is 14.6. The number of ether oxygens (including phenoxy) is 1. The Balaban J connectivity index is 1.58. The average molecular weight is 384 g/mol. The largest absolute Gasteiger partial charge is 0.450 e. The molecule has 0 radical (unpaired) electrons. The van der Waals surface area contributed by atoms with Crippen LogP contribution < -0.4 is 10.2 Å². The van der Waals surface area contributed by atoms with Gasteiger partial charge >= 0.3 is 6.09 Å². The van der Waals surface area contributed by atoms with Crippen molar-refractivity contribution in [2.75, 3.05) is 36.5 Å². The molecule has 1 aromatic heterocycles. The number of nitrogens with zero attached hydrogens (tertiary/aromatic N) is 5. The quantitative estimate of drug-likeness (QED) is 0.786. The van der Waals surface area contributed by atoms with E-state index < -0.39 is 0 Å². The van der Waals surface area contributed by atoms with Gasteiger partial charge in [-0.25, -0.2) is 4.79 Å². The van der Waals surface area contributed by atoms with E-state index in [1.165, 1.54) is 5.56 Å². The third kappa shape index (κ3) is 5.31. The van der Waals surface area contributed by atoms with Crippen LogP contribution in [0.2, 0.25) is 0 Å². The maximum absolute atomic E-state index is 11.8. The fourth-order valence-corrected chi connectivity index (χ4v) is 3.27. The molecule has 0 spiro atoms. The predicted molar refractivity (Wildman–Crippen MR) is 108 cm³/mol. The first-order valence-electron chi connectivity index (χ1n) is 9.86. The summed E-state index contributed by atoms with van der Waals surface area (Å²) >= 11 is 0. The van der Waals surface area contributed by atoms with E-state index in [2.05, 4.69) is 44.5 Å². The van der Waals surface area contributed by atoms with E-state index in [1.54, 1.807) is 11.1 Å². The van der Waals surface area contributed by atoms with Crippen molar-refractivity contribution in [3.8, 4) is 0 Å². The van der Waals surface area contributed by atoms with Crippen LogP contribution in [0.1, 0.15) is 32.3 Å². The van der Waals surface area contributed by atoms with Gasteiger partial charge in [-0.2, -0.15) is 10.1 Å². The molecule has 0 saturated carbocycles. The molecule has 0 bridgehead atoms. The average Bonchev–Trinajstić information content (AvgIpc) is 2.73. The molecule has 3 rings (SSSR count). The molecule has 0 unspecified atom stereocenters. The van der Waals surface area contributed by atoms with E-state index in [0.717, 1.165) is 31.7 Å². The van der Waals surface area contributed by atoms with E-state index in [0.29, 0.717) is 25.6 Å². The zero-order valence-electron chi connectivity index (χ0n) is 16.5. The molecule has 150 valence electrons. The Labute approximate surface area is 165 Å². The molecular formula is C20H28N6O2. The van der Waals surface area contributed by atoms with Crippen LogP contribution in [-0.4, -0.2) is 58.5 Å². The first kappa shape index (κ1) is 19.9. The molecule has 1 aliphatic heterocycles. The number of carbonyl (C=O) groups is 1. The summed E-state index contributed by atoms with van der Waals surface area (Å²) in [6.45, 7) is 7.25. The molecule has 8 nitrogen and oxygen atoms in total. The number of amides is 1. The molecule has 2 heterocycles. The lowest BCUT2D eigenvalue weighted by Crippen LogP contribution is -2.42. The predicted octanol–water partition coefficient (Wildman–Crippen LogP) is 2.93. The van der Waals surface area contributed by atoms with Crippen molar-refractivity contribution in [1.29, 1.82) is 0 Å². The van der Waals surface area contributed by atoms with Crippen LogP contribution in [0, 0.1) is 0 Å². The van der Waals surface area contributed by atoms with Crippen LogP contribution in [0.4, 0.5) is 16.6 Å². The summed E-state index contributed by atoms with van der Waals surface area (Å²) in [4.78, 5) is 20.4. The SMILES string of the molecule is CCOC(=O)N1CCC(Nc2nncc(N(CC)Cc3ccccc3)n2)CC1. The highest BCUT2D eigenvalue weighted by atomic mass is 16.6. The minimum Gasteiger partial charge on any atom is -0.450 e. The maximum Gasteiger partial charge on any atom is 0.409 e. The highest BCUT2D eigenvalue weighted by Gasteiger charge is 2.24. The van der Waals surface area contributed by atoms with Crippen molar-refractivity contribution in [2.24, 2.45) is 0 Å². The minimum absolute atomic E-state index is 0.215. The zero-order chi connectivity index (χ0) is 19.8. The van der Waals surface area contributed by atoms with Gasteiger partial charge in [-0.3, -0.25) is 0 Å². The number of carbonyl (C=O) groups excluding carboxylic acids is 1. The van der Waals surface area contributed by atoms with E-state index in [4.69, 9.17) is 4.74 Å². The lowest BCUT2D eigenvalue weighted by Gasteiger charge is -2.31. The van der Waals surface area contributed by atoms with Crippen LogP contribution in [0.3, 0.4) is 0 Å². The number of likely N-dealkylation sites (tertiary alicyclic amines) is 1. The number of anilines is 2. The van der Waals surface area contributed by atoms with Gasteiger partial charge in [0.25, 0.3) is 0 Å². The number of rotatable bonds is 7.